The maximum Gasteiger partial charge on any atom is 0.279 e. The summed E-state index contributed by atoms with van der Waals surface area (Å²) < 4.78 is 2.28. The van der Waals surface area contributed by atoms with E-state index in [-0.39, 0.29) is 11.3 Å². The van der Waals surface area contributed by atoms with E-state index in [1.165, 1.54) is 23.4 Å². The minimum absolute atomic E-state index is 0.0622. The summed E-state index contributed by atoms with van der Waals surface area (Å²) in [4.78, 5) is 19.8. The van der Waals surface area contributed by atoms with Gasteiger partial charge in [-0.15, -0.1) is 11.3 Å². The zero-order valence-corrected chi connectivity index (χ0v) is 17.6. The number of carbonyl (C=O) groups is 1. The molecule has 1 aromatic heterocycles. The van der Waals surface area contributed by atoms with Crippen molar-refractivity contribution in [2.75, 3.05) is 0 Å². The Balaban J connectivity index is 2.09. The van der Waals surface area contributed by atoms with Gasteiger partial charge >= 0.3 is 0 Å². The SMILES string of the molecule is Cc1c(C(C)(C)C)s/c(=N\C(=O)c2ccccc2C(C)C)n1CC1CC1. The number of thiazole rings is 1. The van der Waals surface area contributed by atoms with Crippen molar-refractivity contribution in [3.8, 4) is 0 Å². The van der Waals surface area contributed by atoms with Crippen molar-refractivity contribution in [3.63, 3.8) is 0 Å². The summed E-state index contributed by atoms with van der Waals surface area (Å²) in [5.41, 5.74) is 3.12. The fourth-order valence-corrected chi connectivity index (χ4v) is 4.58. The molecule has 1 heterocycles. The summed E-state index contributed by atoms with van der Waals surface area (Å²) in [5.74, 6) is 0.924. The third-order valence-corrected chi connectivity index (χ3v) is 6.59. The summed E-state index contributed by atoms with van der Waals surface area (Å²) in [7, 11) is 0. The maximum absolute atomic E-state index is 13.0. The zero-order valence-electron chi connectivity index (χ0n) is 16.8. The van der Waals surface area contributed by atoms with E-state index >= 15 is 0 Å². The lowest BCUT2D eigenvalue weighted by atomic mass is 9.93. The largest absolute Gasteiger partial charge is 0.320 e. The van der Waals surface area contributed by atoms with E-state index in [9.17, 15) is 4.79 Å². The number of rotatable bonds is 4. The highest BCUT2D eigenvalue weighted by molar-refractivity contribution is 7.09. The predicted octanol–water partition coefficient (Wildman–Crippen LogP) is 5.43. The van der Waals surface area contributed by atoms with Crippen molar-refractivity contribution in [3.05, 3.63) is 50.8 Å². The third-order valence-electron chi connectivity index (χ3n) is 4.99. The Labute approximate surface area is 160 Å². The van der Waals surface area contributed by atoms with Crippen molar-refractivity contribution in [2.24, 2.45) is 10.9 Å². The minimum Gasteiger partial charge on any atom is -0.320 e. The smallest absolute Gasteiger partial charge is 0.279 e. The Morgan fingerprint density at radius 2 is 1.92 bits per heavy atom. The van der Waals surface area contributed by atoms with E-state index in [0.717, 1.165) is 28.4 Å². The molecule has 1 aliphatic rings. The second kappa shape index (κ2) is 7.15. The van der Waals surface area contributed by atoms with Gasteiger partial charge in [0, 0.05) is 22.7 Å². The Morgan fingerprint density at radius 3 is 2.50 bits per heavy atom. The highest BCUT2D eigenvalue weighted by Gasteiger charge is 2.27. The van der Waals surface area contributed by atoms with Crippen LogP contribution in [0.1, 0.15) is 79.9 Å². The Hall–Kier alpha value is -1.68. The molecule has 0 saturated heterocycles. The molecule has 0 spiro atoms. The van der Waals surface area contributed by atoms with Crippen LogP contribution in [0.2, 0.25) is 0 Å². The van der Waals surface area contributed by atoms with E-state index in [1.807, 2.05) is 24.3 Å². The number of hydrogen-bond donors (Lipinski definition) is 0. The van der Waals surface area contributed by atoms with Crippen LogP contribution in [0.15, 0.2) is 29.3 Å². The molecule has 0 radical (unpaired) electrons. The normalized spacial score (nSPS) is 15.7. The highest BCUT2D eigenvalue weighted by Crippen LogP contribution is 2.33. The van der Waals surface area contributed by atoms with Crippen LogP contribution in [0.4, 0.5) is 0 Å². The van der Waals surface area contributed by atoms with E-state index in [0.29, 0.717) is 5.92 Å². The van der Waals surface area contributed by atoms with E-state index < -0.39 is 0 Å². The fourth-order valence-electron chi connectivity index (χ4n) is 3.38. The van der Waals surface area contributed by atoms with Gasteiger partial charge in [0.2, 0.25) is 0 Å². The van der Waals surface area contributed by atoms with Gasteiger partial charge < -0.3 is 4.57 Å². The maximum atomic E-state index is 13.0. The number of nitrogens with zero attached hydrogens (tertiary/aromatic N) is 2. The monoisotopic (exact) mass is 370 g/mol. The molecular formula is C22H30N2OS. The molecule has 1 fully saturated rings. The van der Waals surface area contributed by atoms with Crippen LogP contribution in [0.5, 0.6) is 0 Å². The molecule has 3 rings (SSSR count). The number of carbonyl (C=O) groups excluding carboxylic acids is 1. The van der Waals surface area contributed by atoms with Crippen molar-refractivity contribution in [1.82, 2.24) is 4.57 Å². The molecule has 1 saturated carbocycles. The second-order valence-electron chi connectivity index (χ2n) is 8.76. The van der Waals surface area contributed by atoms with Gasteiger partial charge in [-0.25, -0.2) is 0 Å². The lowest BCUT2D eigenvalue weighted by Gasteiger charge is -2.17. The fraction of sp³-hybridized carbons (Fsp3) is 0.545. The number of amides is 1. The molecule has 0 bridgehead atoms. The summed E-state index contributed by atoms with van der Waals surface area (Å²) in [6.07, 6.45) is 2.58. The lowest BCUT2D eigenvalue weighted by molar-refractivity contribution is 0.0996. The van der Waals surface area contributed by atoms with Gasteiger partial charge in [0.05, 0.1) is 0 Å². The first-order valence-electron chi connectivity index (χ1n) is 9.57. The molecule has 4 heteroatoms. The molecular weight excluding hydrogens is 340 g/mol. The van der Waals surface area contributed by atoms with Crippen LogP contribution in [-0.2, 0) is 12.0 Å². The Kier molecular flexibility index (Phi) is 5.25. The summed E-state index contributed by atoms with van der Waals surface area (Å²) in [5, 5.41) is 0. The van der Waals surface area contributed by atoms with Crippen molar-refractivity contribution in [1.29, 1.82) is 0 Å². The summed E-state index contributed by atoms with van der Waals surface area (Å²) in [6.45, 7) is 14.1. The molecule has 3 nitrogen and oxygen atoms in total. The molecule has 1 aliphatic carbocycles. The molecule has 1 amide bonds. The van der Waals surface area contributed by atoms with Crippen LogP contribution in [-0.4, -0.2) is 10.5 Å². The molecule has 0 N–H and O–H groups in total. The second-order valence-corrected chi connectivity index (χ2v) is 9.74. The minimum atomic E-state index is -0.124. The molecule has 1 aromatic carbocycles. The summed E-state index contributed by atoms with van der Waals surface area (Å²) in [6, 6.07) is 7.85. The van der Waals surface area contributed by atoms with E-state index in [4.69, 9.17) is 0 Å². The quantitative estimate of drug-likeness (QED) is 0.706. The Morgan fingerprint density at radius 1 is 1.27 bits per heavy atom. The third kappa shape index (κ3) is 4.01. The van der Waals surface area contributed by atoms with Crippen molar-refractivity contribution >= 4 is 17.2 Å². The molecule has 0 aliphatic heterocycles. The first-order valence-corrected chi connectivity index (χ1v) is 10.4. The first kappa shape index (κ1) is 19.1. The van der Waals surface area contributed by atoms with Crippen LogP contribution in [0.25, 0.3) is 0 Å². The van der Waals surface area contributed by atoms with Crippen molar-refractivity contribution in [2.45, 2.75) is 72.3 Å². The molecule has 0 unspecified atom stereocenters. The predicted molar refractivity (Wildman–Crippen MR) is 109 cm³/mol. The lowest BCUT2D eigenvalue weighted by Crippen LogP contribution is -2.20. The average molecular weight is 371 g/mol. The van der Waals surface area contributed by atoms with E-state index in [1.54, 1.807) is 11.3 Å². The van der Waals surface area contributed by atoms with Gasteiger partial charge in [0.1, 0.15) is 0 Å². The molecule has 0 atom stereocenters. The summed E-state index contributed by atoms with van der Waals surface area (Å²) >= 11 is 1.68. The standard InChI is InChI=1S/C22H30N2OS/c1-14(2)17-9-7-8-10-18(17)20(25)23-21-24(13-16-11-12-16)15(3)19(26-21)22(4,5)6/h7-10,14,16H,11-13H2,1-6H3/b23-21-. The highest BCUT2D eigenvalue weighted by atomic mass is 32.1. The van der Waals surface area contributed by atoms with Gasteiger partial charge in [-0.2, -0.15) is 4.99 Å². The van der Waals surface area contributed by atoms with Gasteiger partial charge in [-0.3, -0.25) is 4.79 Å². The van der Waals surface area contributed by atoms with Gasteiger partial charge in [-0.05, 0) is 48.6 Å². The van der Waals surface area contributed by atoms with Crippen LogP contribution >= 0.6 is 11.3 Å². The molecule has 2 aromatic rings. The van der Waals surface area contributed by atoms with Crippen LogP contribution in [0, 0.1) is 12.8 Å². The van der Waals surface area contributed by atoms with Crippen LogP contribution in [0.3, 0.4) is 0 Å². The average Bonchev–Trinajstić information content (AvgIpc) is 3.33. The number of aromatic nitrogens is 1. The van der Waals surface area contributed by atoms with Gasteiger partial charge in [0.25, 0.3) is 5.91 Å². The Bertz CT molecular complexity index is 876. The van der Waals surface area contributed by atoms with Gasteiger partial charge in [0.15, 0.2) is 4.80 Å². The molecule has 26 heavy (non-hydrogen) atoms. The first-order chi connectivity index (χ1) is 12.2. The zero-order chi connectivity index (χ0) is 19.1. The number of hydrogen-bond acceptors (Lipinski definition) is 2. The molecule has 140 valence electrons. The van der Waals surface area contributed by atoms with Gasteiger partial charge in [-0.1, -0.05) is 52.8 Å². The van der Waals surface area contributed by atoms with Crippen molar-refractivity contribution < 1.29 is 4.79 Å². The number of benzene rings is 1. The topological polar surface area (TPSA) is 34.4 Å². The van der Waals surface area contributed by atoms with E-state index in [2.05, 4.69) is 51.1 Å². The van der Waals surface area contributed by atoms with Crippen LogP contribution < -0.4 is 4.80 Å².